The van der Waals surface area contributed by atoms with E-state index in [1.807, 2.05) is 6.92 Å². The van der Waals surface area contributed by atoms with Gasteiger partial charge in [0.15, 0.2) is 0 Å². The zero-order chi connectivity index (χ0) is 11.9. The van der Waals surface area contributed by atoms with Gasteiger partial charge in [0.2, 0.25) is 10.0 Å². The van der Waals surface area contributed by atoms with Crippen molar-refractivity contribution in [1.82, 2.24) is 10.0 Å². The molecule has 0 amide bonds. The third-order valence-corrected chi connectivity index (χ3v) is 3.99. The summed E-state index contributed by atoms with van der Waals surface area (Å²) in [5.41, 5.74) is 0. The predicted molar refractivity (Wildman–Crippen MR) is 63.9 cm³/mol. The quantitative estimate of drug-likeness (QED) is 0.655. The topological polar surface area (TPSA) is 67.4 Å². The molecule has 0 bridgehead atoms. The van der Waals surface area contributed by atoms with Gasteiger partial charge in [-0.05, 0) is 26.3 Å². The van der Waals surface area contributed by atoms with Crippen LogP contribution in [0.1, 0.15) is 26.2 Å². The van der Waals surface area contributed by atoms with E-state index in [0.717, 1.165) is 32.4 Å². The van der Waals surface area contributed by atoms with Crippen LogP contribution in [0, 0.1) is 0 Å². The van der Waals surface area contributed by atoms with E-state index in [4.69, 9.17) is 4.74 Å². The van der Waals surface area contributed by atoms with Gasteiger partial charge in [-0.15, -0.1) is 0 Å². The number of ether oxygens (including phenoxy) is 1. The van der Waals surface area contributed by atoms with E-state index in [-0.39, 0.29) is 18.4 Å². The highest BCUT2D eigenvalue weighted by atomic mass is 32.2. The molecular formula is C10H22N2O3S. The van der Waals surface area contributed by atoms with Gasteiger partial charge in [0, 0.05) is 19.2 Å². The van der Waals surface area contributed by atoms with Crippen molar-refractivity contribution in [2.24, 2.45) is 0 Å². The fourth-order valence-electron chi connectivity index (χ4n) is 1.75. The zero-order valence-corrected chi connectivity index (χ0v) is 10.7. The van der Waals surface area contributed by atoms with Crippen molar-refractivity contribution in [1.29, 1.82) is 0 Å². The van der Waals surface area contributed by atoms with Crippen LogP contribution in [0.3, 0.4) is 0 Å². The molecule has 2 N–H and O–H groups in total. The molecule has 6 heteroatoms. The molecular weight excluding hydrogens is 228 g/mol. The molecule has 96 valence electrons. The van der Waals surface area contributed by atoms with Crippen molar-refractivity contribution in [2.75, 3.05) is 32.1 Å². The molecule has 0 spiro atoms. The van der Waals surface area contributed by atoms with Crippen LogP contribution in [0.2, 0.25) is 0 Å². The molecule has 1 aliphatic heterocycles. The van der Waals surface area contributed by atoms with Crippen molar-refractivity contribution in [3.63, 3.8) is 0 Å². The summed E-state index contributed by atoms with van der Waals surface area (Å²) in [6.45, 7) is 4.40. The van der Waals surface area contributed by atoms with Crippen LogP contribution in [0.15, 0.2) is 0 Å². The van der Waals surface area contributed by atoms with Gasteiger partial charge in [-0.1, -0.05) is 6.42 Å². The molecule has 1 atom stereocenters. The maximum Gasteiger partial charge on any atom is 0.214 e. The van der Waals surface area contributed by atoms with Gasteiger partial charge < -0.3 is 10.1 Å². The summed E-state index contributed by atoms with van der Waals surface area (Å²) >= 11 is 0. The van der Waals surface area contributed by atoms with Gasteiger partial charge in [-0.25, -0.2) is 13.1 Å². The van der Waals surface area contributed by atoms with Gasteiger partial charge in [0.1, 0.15) is 0 Å². The van der Waals surface area contributed by atoms with Gasteiger partial charge in [0.05, 0.1) is 12.4 Å². The molecule has 1 heterocycles. The third kappa shape index (κ3) is 5.79. The minimum atomic E-state index is -3.18. The molecule has 1 fully saturated rings. The van der Waals surface area contributed by atoms with Gasteiger partial charge in [0.25, 0.3) is 0 Å². The summed E-state index contributed by atoms with van der Waals surface area (Å²) < 4.78 is 31.1. The molecule has 1 unspecified atom stereocenters. The second-order valence-electron chi connectivity index (χ2n) is 4.03. The van der Waals surface area contributed by atoms with Gasteiger partial charge in [-0.3, -0.25) is 0 Å². The molecule has 16 heavy (non-hydrogen) atoms. The highest BCUT2D eigenvalue weighted by Crippen LogP contribution is 2.05. The number of nitrogens with one attached hydrogen (secondary N) is 2. The normalized spacial score (nSPS) is 22.9. The van der Waals surface area contributed by atoms with Crippen LogP contribution >= 0.6 is 0 Å². The Hall–Kier alpha value is -0.170. The molecule has 5 nitrogen and oxygen atoms in total. The summed E-state index contributed by atoms with van der Waals surface area (Å²) in [6, 6.07) is 0.0362. The molecule has 0 aliphatic carbocycles. The molecule has 0 radical (unpaired) electrons. The molecule has 1 rings (SSSR count). The summed E-state index contributed by atoms with van der Waals surface area (Å²) in [5.74, 6) is 0.0529. The van der Waals surface area contributed by atoms with Crippen molar-refractivity contribution in [2.45, 2.75) is 32.2 Å². The second-order valence-corrected chi connectivity index (χ2v) is 5.90. The second kappa shape index (κ2) is 7.21. The fraction of sp³-hybridized carbons (Fsp3) is 1.00. The minimum absolute atomic E-state index is 0.0362. The Bertz CT molecular complexity index is 272. The summed E-state index contributed by atoms with van der Waals surface area (Å²) in [6.07, 6.45) is 3.11. The van der Waals surface area contributed by atoms with Gasteiger partial charge in [-0.2, -0.15) is 0 Å². The monoisotopic (exact) mass is 250 g/mol. The molecule has 1 saturated heterocycles. The first-order valence-electron chi connectivity index (χ1n) is 5.92. The van der Waals surface area contributed by atoms with Crippen LogP contribution in [0.5, 0.6) is 0 Å². The van der Waals surface area contributed by atoms with E-state index >= 15 is 0 Å². The van der Waals surface area contributed by atoms with E-state index in [9.17, 15) is 8.42 Å². The molecule has 0 aromatic rings. The lowest BCUT2D eigenvalue weighted by Crippen LogP contribution is -2.42. The largest absolute Gasteiger partial charge is 0.381 e. The Balaban J connectivity index is 2.32. The van der Waals surface area contributed by atoms with Crippen LogP contribution in [-0.2, 0) is 14.8 Å². The van der Waals surface area contributed by atoms with Crippen molar-refractivity contribution in [3.05, 3.63) is 0 Å². The van der Waals surface area contributed by atoms with E-state index in [1.54, 1.807) is 0 Å². The maximum atomic E-state index is 11.7. The molecule has 0 saturated carbocycles. The summed E-state index contributed by atoms with van der Waals surface area (Å²) in [7, 11) is -3.18. The van der Waals surface area contributed by atoms with E-state index < -0.39 is 10.0 Å². The van der Waals surface area contributed by atoms with Crippen molar-refractivity contribution < 1.29 is 13.2 Å². The predicted octanol–water partition coefficient (Wildman–Crippen LogP) is 0.0844. The highest BCUT2D eigenvalue weighted by molar-refractivity contribution is 7.89. The fourth-order valence-corrected chi connectivity index (χ4v) is 2.91. The van der Waals surface area contributed by atoms with Crippen molar-refractivity contribution in [3.8, 4) is 0 Å². The van der Waals surface area contributed by atoms with Gasteiger partial charge >= 0.3 is 0 Å². The Morgan fingerprint density at radius 2 is 2.25 bits per heavy atom. The lowest BCUT2D eigenvalue weighted by atomic mass is 10.2. The Morgan fingerprint density at radius 3 is 3.00 bits per heavy atom. The van der Waals surface area contributed by atoms with Crippen LogP contribution in [-0.4, -0.2) is 46.5 Å². The number of hydrogen-bond donors (Lipinski definition) is 2. The summed E-state index contributed by atoms with van der Waals surface area (Å²) in [4.78, 5) is 0. The third-order valence-electron chi connectivity index (χ3n) is 2.59. The lowest BCUT2D eigenvalue weighted by molar-refractivity contribution is 0.163. The maximum absolute atomic E-state index is 11.7. The van der Waals surface area contributed by atoms with E-state index in [0.29, 0.717) is 6.61 Å². The smallest absolute Gasteiger partial charge is 0.214 e. The lowest BCUT2D eigenvalue weighted by Gasteiger charge is -2.16. The standard InChI is InChI=1S/C10H22N2O3S/c1-2-15-7-8-16(13,14)12-10-5-3-4-6-11-9-10/h10-12H,2-9H2,1H3. The van der Waals surface area contributed by atoms with E-state index in [2.05, 4.69) is 10.0 Å². The van der Waals surface area contributed by atoms with Crippen LogP contribution < -0.4 is 10.0 Å². The minimum Gasteiger partial charge on any atom is -0.381 e. The SMILES string of the molecule is CCOCCS(=O)(=O)NC1CCCCNC1. The van der Waals surface area contributed by atoms with Crippen LogP contribution in [0.4, 0.5) is 0 Å². The Labute approximate surface area is 98.0 Å². The average molecular weight is 250 g/mol. The zero-order valence-electron chi connectivity index (χ0n) is 9.87. The first kappa shape index (κ1) is 13.9. The number of rotatable bonds is 6. The number of hydrogen-bond acceptors (Lipinski definition) is 4. The number of sulfonamides is 1. The first-order valence-corrected chi connectivity index (χ1v) is 7.58. The Kier molecular flexibility index (Phi) is 6.26. The Morgan fingerprint density at radius 1 is 1.44 bits per heavy atom. The van der Waals surface area contributed by atoms with Crippen molar-refractivity contribution >= 4 is 10.0 Å². The first-order chi connectivity index (χ1) is 7.64. The molecule has 1 aliphatic rings. The molecule has 0 aromatic carbocycles. The summed E-state index contributed by atoms with van der Waals surface area (Å²) in [5, 5.41) is 3.23. The highest BCUT2D eigenvalue weighted by Gasteiger charge is 2.18. The van der Waals surface area contributed by atoms with E-state index in [1.165, 1.54) is 0 Å². The average Bonchev–Trinajstić information content (AvgIpc) is 2.46. The molecule has 0 aromatic heterocycles. The van der Waals surface area contributed by atoms with Crippen LogP contribution in [0.25, 0.3) is 0 Å².